The lowest BCUT2D eigenvalue weighted by Crippen LogP contribution is -2.43. The number of ether oxygens (including phenoxy) is 1. The first-order valence-corrected chi connectivity index (χ1v) is 8.51. The Labute approximate surface area is 138 Å². The van der Waals surface area contributed by atoms with Crippen LogP contribution in [0.1, 0.15) is 21.3 Å². The van der Waals surface area contributed by atoms with Crippen LogP contribution in [-0.2, 0) is 4.74 Å². The Bertz CT molecular complexity index is 642. The number of halogens is 1. The van der Waals surface area contributed by atoms with Crippen molar-refractivity contribution in [1.29, 1.82) is 0 Å². The van der Waals surface area contributed by atoms with Gasteiger partial charge in [-0.2, -0.15) is 0 Å². The predicted molar refractivity (Wildman–Crippen MR) is 88.2 cm³/mol. The van der Waals surface area contributed by atoms with Crippen LogP contribution in [0.4, 0.5) is 4.39 Å². The number of benzene rings is 1. The third-order valence-electron chi connectivity index (χ3n) is 3.92. The topological polar surface area (TPSA) is 41.6 Å². The molecule has 0 bridgehead atoms. The van der Waals surface area contributed by atoms with Gasteiger partial charge in [0.25, 0.3) is 5.91 Å². The van der Waals surface area contributed by atoms with Crippen molar-refractivity contribution in [3.8, 4) is 0 Å². The summed E-state index contributed by atoms with van der Waals surface area (Å²) in [7, 11) is 0. The average molecular weight is 334 g/mol. The molecule has 3 rings (SSSR count). The molecule has 0 aliphatic carbocycles. The molecular formula is C17H19FN2O2S. The molecular weight excluding hydrogens is 315 g/mol. The number of amides is 1. The molecule has 1 saturated heterocycles. The normalized spacial score (nSPS) is 16.9. The van der Waals surface area contributed by atoms with Gasteiger partial charge in [0.1, 0.15) is 5.82 Å². The summed E-state index contributed by atoms with van der Waals surface area (Å²) in [5.74, 6) is -0.347. The monoisotopic (exact) mass is 334 g/mol. The predicted octanol–water partition coefficient (Wildman–Crippen LogP) is 2.69. The smallest absolute Gasteiger partial charge is 0.261 e. The van der Waals surface area contributed by atoms with E-state index >= 15 is 0 Å². The molecule has 1 atom stereocenters. The van der Waals surface area contributed by atoms with Crippen molar-refractivity contribution in [2.75, 3.05) is 32.8 Å². The fourth-order valence-electron chi connectivity index (χ4n) is 2.75. The van der Waals surface area contributed by atoms with Gasteiger partial charge in [-0.15, -0.1) is 11.3 Å². The molecule has 1 N–H and O–H groups in total. The van der Waals surface area contributed by atoms with Crippen molar-refractivity contribution in [1.82, 2.24) is 10.2 Å². The van der Waals surface area contributed by atoms with E-state index in [1.54, 1.807) is 12.1 Å². The van der Waals surface area contributed by atoms with E-state index in [0.717, 1.165) is 18.7 Å². The molecule has 1 aromatic heterocycles. The lowest BCUT2D eigenvalue weighted by Gasteiger charge is -2.34. The first-order chi connectivity index (χ1) is 11.2. The summed E-state index contributed by atoms with van der Waals surface area (Å²) >= 11 is 1.41. The number of nitrogens with one attached hydrogen (secondary N) is 1. The molecule has 2 aromatic rings. The van der Waals surface area contributed by atoms with E-state index < -0.39 is 0 Å². The fraction of sp³-hybridized carbons (Fsp3) is 0.353. The Balaban J connectivity index is 1.73. The van der Waals surface area contributed by atoms with Crippen LogP contribution in [0, 0.1) is 5.82 Å². The SMILES string of the molecule is O=C(NC[C@H](c1cccc(F)c1)N1CCOCC1)c1cccs1. The Kier molecular flexibility index (Phi) is 5.38. The van der Waals surface area contributed by atoms with Crippen LogP contribution in [0.3, 0.4) is 0 Å². The van der Waals surface area contributed by atoms with E-state index in [-0.39, 0.29) is 17.8 Å². The highest BCUT2D eigenvalue weighted by Crippen LogP contribution is 2.22. The number of carbonyl (C=O) groups is 1. The first-order valence-electron chi connectivity index (χ1n) is 7.63. The second kappa shape index (κ2) is 7.68. The minimum atomic E-state index is -0.259. The number of hydrogen-bond donors (Lipinski definition) is 1. The van der Waals surface area contributed by atoms with Crippen molar-refractivity contribution in [2.45, 2.75) is 6.04 Å². The molecule has 2 heterocycles. The average Bonchev–Trinajstić information content (AvgIpc) is 3.10. The molecule has 0 unspecified atom stereocenters. The van der Waals surface area contributed by atoms with Crippen LogP contribution >= 0.6 is 11.3 Å². The quantitative estimate of drug-likeness (QED) is 0.914. The standard InChI is InChI=1S/C17H19FN2O2S/c18-14-4-1-3-13(11-14)15(20-6-8-22-9-7-20)12-19-17(21)16-5-2-10-23-16/h1-5,10-11,15H,6-9,12H2,(H,19,21)/t15-/m1/s1. The molecule has 0 radical (unpaired) electrons. The number of morpholine rings is 1. The van der Waals surface area contributed by atoms with Gasteiger partial charge in [-0.25, -0.2) is 4.39 Å². The van der Waals surface area contributed by atoms with Gasteiger partial charge in [-0.1, -0.05) is 18.2 Å². The zero-order valence-electron chi connectivity index (χ0n) is 12.7. The number of nitrogens with zero attached hydrogens (tertiary/aromatic N) is 1. The fourth-order valence-corrected chi connectivity index (χ4v) is 3.39. The highest BCUT2D eigenvalue weighted by molar-refractivity contribution is 7.12. The van der Waals surface area contributed by atoms with E-state index in [4.69, 9.17) is 4.74 Å². The zero-order chi connectivity index (χ0) is 16.1. The van der Waals surface area contributed by atoms with Gasteiger partial charge in [0.2, 0.25) is 0 Å². The molecule has 1 fully saturated rings. The summed E-state index contributed by atoms with van der Waals surface area (Å²) in [6.07, 6.45) is 0. The first kappa shape index (κ1) is 16.1. The van der Waals surface area contributed by atoms with Crippen LogP contribution in [0.25, 0.3) is 0 Å². The van der Waals surface area contributed by atoms with Crippen molar-refractivity contribution in [3.05, 3.63) is 58.0 Å². The Morgan fingerprint density at radius 2 is 2.13 bits per heavy atom. The summed E-state index contributed by atoms with van der Waals surface area (Å²) in [6.45, 7) is 3.31. The van der Waals surface area contributed by atoms with Crippen molar-refractivity contribution >= 4 is 17.2 Å². The van der Waals surface area contributed by atoms with E-state index in [2.05, 4.69) is 10.2 Å². The van der Waals surface area contributed by atoms with Crippen LogP contribution in [-0.4, -0.2) is 43.7 Å². The van der Waals surface area contributed by atoms with Crippen LogP contribution < -0.4 is 5.32 Å². The van der Waals surface area contributed by atoms with Crippen molar-refractivity contribution in [2.24, 2.45) is 0 Å². The largest absolute Gasteiger partial charge is 0.379 e. The number of carbonyl (C=O) groups excluding carboxylic acids is 1. The van der Waals surface area contributed by atoms with E-state index in [1.807, 2.05) is 17.5 Å². The van der Waals surface area contributed by atoms with Gasteiger partial charge in [0.05, 0.1) is 24.1 Å². The lowest BCUT2D eigenvalue weighted by atomic mass is 10.0. The molecule has 0 saturated carbocycles. The second-order valence-corrected chi connectivity index (χ2v) is 6.35. The van der Waals surface area contributed by atoms with Gasteiger partial charge >= 0.3 is 0 Å². The van der Waals surface area contributed by atoms with Gasteiger partial charge in [0.15, 0.2) is 0 Å². The molecule has 0 spiro atoms. The van der Waals surface area contributed by atoms with Crippen LogP contribution in [0.15, 0.2) is 41.8 Å². The maximum atomic E-state index is 13.6. The third kappa shape index (κ3) is 4.16. The number of hydrogen-bond acceptors (Lipinski definition) is 4. The second-order valence-electron chi connectivity index (χ2n) is 5.41. The van der Waals surface area contributed by atoms with Gasteiger partial charge in [0, 0.05) is 19.6 Å². The highest BCUT2D eigenvalue weighted by Gasteiger charge is 2.23. The minimum absolute atomic E-state index is 0.0569. The third-order valence-corrected chi connectivity index (χ3v) is 4.79. The lowest BCUT2D eigenvalue weighted by molar-refractivity contribution is 0.0162. The molecule has 1 amide bonds. The summed E-state index contributed by atoms with van der Waals surface area (Å²) in [4.78, 5) is 15.1. The Hall–Kier alpha value is -1.76. The van der Waals surface area contributed by atoms with Crippen molar-refractivity contribution in [3.63, 3.8) is 0 Å². The maximum absolute atomic E-state index is 13.6. The summed E-state index contributed by atoms with van der Waals surface area (Å²) in [5, 5.41) is 4.84. The number of thiophene rings is 1. The summed E-state index contributed by atoms with van der Waals surface area (Å²) in [6, 6.07) is 10.2. The van der Waals surface area contributed by atoms with E-state index in [0.29, 0.717) is 24.6 Å². The number of rotatable bonds is 5. The molecule has 4 nitrogen and oxygen atoms in total. The van der Waals surface area contributed by atoms with Gasteiger partial charge in [-0.05, 0) is 29.1 Å². The van der Waals surface area contributed by atoms with E-state index in [1.165, 1.54) is 23.5 Å². The maximum Gasteiger partial charge on any atom is 0.261 e. The highest BCUT2D eigenvalue weighted by atomic mass is 32.1. The van der Waals surface area contributed by atoms with Crippen LogP contribution in [0.5, 0.6) is 0 Å². The zero-order valence-corrected chi connectivity index (χ0v) is 13.5. The van der Waals surface area contributed by atoms with Gasteiger partial charge in [-0.3, -0.25) is 9.69 Å². The molecule has 23 heavy (non-hydrogen) atoms. The van der Waals surface area contributed by atoms with E-state index in [9.17, 15) is 9.18 Å². The minimum Gasteiger partial charge on any atom is -0.379 e. The summed E-state index contributed by atoms with van der Waals surface area (Å²) in [5.41, 5.74) is 0.873. The summed E-state index contributed by atoms with van der Waals surface area (Å²) < 4.78 is 19.0. The van der Waals surface area contributed by atoms with Crippen molar-refractivity contribution < 1.29 is 13.9 Å². The molecule has 6 heteroatoms. The molecule has 1 aliphatic rings. The molecule has 1 aromatic carbocycles. The Morgan fingerprint density at radius 3 is 2.83 bits per heavy atom. The molecule has 122 valence electrons. The Morgan fingerprint density at radius 1 is 1.30 bits per heavy atom. The molecule has 1 aliphatic heterocycles. The van der Waals surface area contributed by atoms with Gasteiger partial charge < -0.3 is 10.1 Å². The van der Waals surface area contributed by atoms with Crippen LogP contribution in [0.2, 0.25) is 0 Å².